The third-order valence-electron chi connectivity index (χ3n) is 4.78. The van der Waals surface area contributed by atoms with Crippen LogP contribution in [0.2, 0.25) is 20.1 Å². The van der Waals surface area contributed by atoms with E-state index in [1.54, 1.807) is 41.3 Å². The van der Waals surface area contributed by atoms with E-state index in [1.807, 2.05) is 20.8 Å². The number of nitrogens with zero attached hydrogens (tertiary/aromatic N) is 1. The minimum atomic E-state index is -0.649. The normalized spacial score (nSPS) is 12.0. The summed E-state index contributed by atoms with van der Waals surface area (Å²) in [6.07, 6.45) is 0.490. The standard InChI is InChI=1S/C23H26Cl4N2O2/c1-4-21(23(31)28-12-14(2)3)29(13-16-6-8-18(25)11-20(16)27)22(30)9-15-5-7-17(24)10-19(15)26/h5-8,10-11,14,21H,4,9,12-13H2,1-3H3,(H,28,31)/t21-/m0/s1. The Morgan fingerprint density at radius 2 is 1.48 bits per heavy atom. The third-order valence-corrected chi connectivity index (χ3v) is 5.96. The topological polar surface area (TPSA) is 49.4 Å². The average molecular weight is 504 g/mol. The molecule has 2 amide bonds. The second-order valence-electron chi connectivity index (χ2n) is 7.73. The van der Waals surface area contributed by atoms with Crippen molar-refractivity contribution in [2.24, 2.45) is 5.92 Å². The van der Waals surface area contributed by atoms with Crippen LogP contribution in [0.4, 0.5) is 0 Å². The van der Waals surface area contributed by atoms with E-state index >= 15 is 0 Å². The summed E-state index contributed by atoms with van der Waals surface area (Å²) in [5.74, 6) is -0.136. The van der Waals surface area contributed by atoms with Crippen LogP contribution >= 0.6 is 46.4 Å². The van der Waals surface area contributed by atoms with Crippen molar-refractivity contribution in [3.05, 3.63) is 67.6 Å². The van der Waals surface area contributed by atoms with Gasteiger partial charge in [-0.25, -0.2) is 0 Å². The van der Waals surface area contributed by atoms with Crippen molar-refractivity contribution in [2.75, 3.05) is 6.54 Å². The van der Waals surface area contributed by atoms with Gasteiger partial charge < -0.3 is 10.2 Å². The fourth-order valence-corrected chi connectivity index (χ4v) is 4.05. The molecule has 0 aliphatic rings. The van der Waals surface area contributed by atoms with Gasteiger partial charge in [-0.15, -0.1) is 0 Å². The lowest BCUT2D eigenvalue weighted by Crippen LogP contribution is -2.50. The summed E-state index contributed by atoms with van der Waals surface area (Å²) < 4.78 is 0. The molecule has 1 atom stereocenters. The van der Waals surface area contributed by atoms with E-state index in [9.17, 15) is 9.59 Å². The van der Waals surface area contributed by atoms with Gasteiger partial charge in [0.05, 0.1) is 6.42 Å². The zero-order chi connectivity index (χ0) is 23.1. The molecular formula is C23H26Cl4N2O2. The monoisotopic (exact) mass is 502 g/mol. The number of amides is 2. The Balaban J connectivity index is 2.34. The molecular weight excluding hydrogens is 478 g/mol. The van der Waals surface area contributed by atoms with E-state index in [0.717, 1.165) is 0 Å². The minimum Gasteiger partial charge on any atom is -0.354 e. The molecule has 0 radical (unpaired) electrons. The maximum Gasteiger partial charge on any atom is 0.242 e. The van der Waals surface area contributed by atoms with Crippen LogP contribution in [-0.4, -0.2) is 29.3 Å². The van der Waals surface area contributed by atoms with E-state index in [1.165, 1.54) is 0 Å². The van der Waals surface area contributed by atoms with Crippen molar-refractivity contribution in [3.63, 3.8) is 0 Å². The van der Waals surface area contributed by atoms with Crippen LogP contribution in [0.15, 0.2) is 36.4 Å². The lowest BCUT2D eigenvalue weighted by atomic mass is 10.1. The fourth-order valence-electron chi connectivity index (χ4n) is 3.10. The van der Waals surface area contributed by atoms with Gasteiger partial charge in [0.15, 0.2) is 0 Å². The molecule has 0 aliphatic heterocycles. The van der Waals surface area contributed by atoms with Crippen LogP contribution in [0.1, 0.15) is 38.3 Å². The summed E-state index contributed by atoms with van der Waals surface area (Å²) in [5.41, 5.74) is 1.34. The molecule has 0 bridgehead atoms. The van der Waals surface area contributed by atoms with Crippen LogP contribution in [-0.2, 0) is 22.6 Å². The van der Waals surface area contributed by atoms with Gasteiger partial charge in [0, 0.05) is 33.2 Å². The third kappa shape index (κ3) is 7.57. The van der Waals surface area contributed by atoms with Crippen LogP contribution in [0.5, 0.6) is 0 Å². The Labute approximate surface area is 203 Å². The second-order valence-corrected chi connectivity index (χ2v) is 9.42. The van der Waals surface area contributed by atoms with Crippen LogP contribution < -0.4 is 5.32 Å². The van der Waals surface area contributed by atoms with E-state index in [4.69, 9.17) is 46.4 Å². The molecule has 0 aliphatic carbocycles. The fraction of sp³-hybridized carbons (Fsp3) is 0.391. The number of hydrogen-bond donors (Lipinski definition) is 1. The van der Waals surface area contributed by atoms with Crippen LogP contribution in [0.3, 0.4) is 0 Å². The maximum atomic E-state index is 13.4. The molecule has 0 saturated heterocycles. The number of benzene rings is 2. The molecule has 0 saturated carbocycles. The number of halogens is 4. The van der Waals surface area contributed by atoms with Crippen molar-refractivity contribution in [1.82, 2.24) is 10.2 Å². The predicted octanol–water partition coefficient (Wildman–Crippen LogP) is 6.42. The molecule has 31 heavy (non-hydrogen) atoms. The molecule has 2 aromatic rings. The molecule has 0 fully saturated rings. The van der Waals surface area contributed by atoms with Gasteiger partial charge in [-0.1, -0.05) is 79.3 Å². The van der Waals surface area contributed by atoms with Crippen LogP contribution in [0, 0.1) is 5.92 Å². The molecule has 0 aromatic heterocycles. The van der Waals surface area contributed by atoms with Gasteiger partial charge in [-0.3, -0.25) is 9.59 Å². The molecule has 8 heteroatoms. The Hall–Kier alpha value is -1.46. The van der Waals surface area contributed by atoms with Gasteiger partial charge in [-0.05, 0) is 47.7 Å². The van der Waals surface area contributed by atoms with Crippen LogP contribution in [0.25, 0.3) is 0 Å². The summed E-state index contributed by atoms with van der Waals surface area (Å²) in [6.45, 7) is 6.61. The first-order chi connectivity index (χ1) is 14.6. The summed E-state index contributed by atoms with van der Waals surface area (Å²) in [4.78, 5) is 27.8. The van der Waals surface area contributed by atoms with E-state index in [0.29, 0.717) is 50.1 Å². The highest BCUT2D eigenvalue weighted by atomic mass is 35.5. The van der Waals surface area contributed by atoms with E-state index in [2.05, 4.69) is 5.32 Å². The quantitative estimate of drug-likeness (QED) is 0.429. The highest BCUT2D eigenvalue weighted by Crippen LogP contribution is 2.26. The van der Waals surface area contributed by atoms with Crippen molar-refractivity contribution in [3.8, 4) is 0 Å². The molecule has 0 unspecified atom stereocenters. The minimum absolute atomic E-state index is 0.0369. The maximum absolute atomic E-state index is 13.4. The lowest BCUT2D eigenvalue weighted by molar-refractivity contribution is -0.141. The zero-order valence-corrected chi connectivity index (χ0v) is 20.7. The largest absolute Gasteiger partial charge is 0.354 e. The number of hydrogen-bond acceptors (Lipinski definition) is 2. The first-order valence-electron chi connectivity index (χ1n) is 10.1. The highest BCUT2D eigenvalue weighted by molar-refractivity contribution is 6.35. The summed E-state index contributed by atoms with van der Waals surface area (Å²) in [5, 5.41) is 4.77. The van der Waals surface area contributed by atoms with Crippen molar-refractivity contribution in [2.45, 2.75) is 46.2 Å². The number of carbonyl (C=O) groups excluding carboxylic acids is 2. The van der Waals surface area contributed by atoms with E-state index in [-0.39, 0.29) is 24.8 Å². The summed E-state index contributed by atoms with van der Waals surface area (Å²) in [7, 11) is 0. The Morgan fingerprint density at radius 1 is 0.935 bits per heavy atom. The lowest BCUT2D eigenvalue weighted by Gasteiger charge is -2.31. The van der Waals surface area contributed by atoms with Crippen molar-refractivity contribution < 1.29 is 9.59 Å². The van der Waals surface area contributed by atoms with Gasteiger partial charge in [0.2, 0.25) is 11.8 Å². The SMILES string of the molecule is CC[C@@H](C(=O)NCC(C)C)N(Cc1ccc(Cl)cc1Cl)C(=O)Cc1ccc(Cl)cc1Cl. The summed E-state index contributed by atoms with van der Waals surface area (Å²) >= 11 is 24.6. The number of nitrogens with one attached hydrogen (secondary N) is 1. The molecule has 2 rings (SSSR count). The Morgan fingerprint density at radius 3 is 1.97 bits per heavy atom. The van der Waals surface area contributed by atoms with Crippen molar-refractivity contribution in [1.29, 1.82) is 0 Å². The second kappa shape index (κ2) is 12.0. The molecule has 1 N–H and O–H groups in total. The van der Waals surface area contributed by atoms with Gasteiger partial charge in [0.1, 0.15) is 6.04 Å². The molecule has 4 nitrogen and oxygen atoms in total. The number of rotatable bonds is 9. The van der Waals surface area contributed by atoms with Gasteiger partial charge >= 0.3 is 0 Å². The van der Waals surface area contributed by atoms with E-state index < -0.39 is 6.04 Å². The average Bonchev–Trinajstić information content (AvgIpc) is 2.69. The predicted molar refractivity (Wildman–Crippen MR) is 129 cm³/mol. The molecule has 0 heterocycles. The molecule has 168 valence electrons. The van der Waals surface area contributed by atoms with Gasteiger partial charge in [0.25, 0.3) is 0 Å². The first kappa shape index (κ1) is 25.8. The highest BCUT2D eigenvalue weighted by Gasteiger charge is 2.29. The van der Waals surface area contributed by atoms with Gasteiger partial charge in [-0.2, -0.15) is 0 Å². The smallest absolute Gasteiger partial charge is 0.242 e. The van der Waals surface area contributed by atoms with Crippen molar-refractivity contribution >= 4 is 58.2 Å². The Bertz CT molecular complexity index is 934. The number of carbonyl (C=O) groups is 2. The molecule has 0 spiro atoms. The molecule has 2 aromatic carbocycles. The Kier molecular flexibility index (Phi) is 9.95. The first-order valence-corrected chi connectivity index (χ1v) is 11.6. The zero-order valence-electron chi connectivity index (χ0n) is 17.7. The summed E-state index contributed by atoms with van der Waals surface area (Å²) in [6, 6.07) is 9.44.